The van der Waals surface area contributed by atoms with E-state index in [9.17, 15) is 27.5 Å². The Balaban J connectivity index is 2.14. The fraction of sp³-hybridized carbons (Fsp3) is 0.400. The number of carbonyl (C=O) groups is 1. The van der Waals surface area contributed by atoms with E-state index in [0.717, 1.165) is 30.3 Å². The molecule has 1 amide bonds. The largest absolute Gasteiger partial charge is 0.417 e. The monoisotopic (exact) mass is 358 g/mol. The summed E-state index contributed by atoms with van der Waals surface area (Å²) in [7, 11) is 0. The molecule has 0 saturated carbocycles. The number of rotatable bonds is 4. The van der Waals surface area contributed by atoms with E-state index < -0.39 is 35.0 Å². The number of nitriles is 1. The first-order valence-corrected chi connectivity index (χ1v) is 7.11. The number of hydrogen-bond donors (Lipinski definition) is 2. The van der Waals surface area contributed by atoms with Gasteiger partial charge in [-0.15, -0.1) is 0 Å². The third-order valence-electron chi connectivity index (χ3n) is 3.46. The molecular weight excluding hydrogens is 344 g/mol. The van der Waals surface area contributed by atoms with Crippen LogP contribution < -0.4 is 5.32 Å². The van der Waals surface area contributed by atoms with Crippen molar-refractivity contribution in [1.29, 1.82) is 5.26 Å². The number of nitrogens with zero attached hydrogens (tertiary/aromatic N) is 3. The number of β-amino-alcohol motifs (C(OH)–C–C–N with tert-alkyl or cyclic N) is 1. The van der Waals surface area contributed by atoms with Gasteiger partial charge in [0.1, 0.15) is 0 Å². The Labute approximate surface area is 140 Å². The summed E-state index contributed by atoms with van der Waals surface area (Å²) < 4.78 is 51.8. The highest BCUT2D eigenvalue weighted by Gasteiger charge is 2.36. The molecule has 1 aromatic carbocycles. The van der Waals surface area contributed by atoms with Gasteiger partial charge < -0.3 is 10.4 Å². The van der Waals surface area contributed by atoms with Gasteiger partial charge in [0.05, 0.1) is 36.5 Å². The van der Waals surface area contributed by atoms with Crippen LogP contribution in [-0.4, -0.2) is 47.1 Å². The zero-order valence-electron chi connectivity index (χ0n) is 13.0. The van der Waals surface area contributed by atoms with Crippen LogP contribution in [0.2, 0.25) is 0 Å². The maximum atomic E-state index is 13.0. The van der Waals surface area contributed by atoms with Crippen LogP contribution in [-0.2, 0) is 11.0 Å². The summed E-state index contributed by atoms with van der Waals surface area (Å²) >= 11 is 0. The molecule has 0 saturated heterocycles. The van der Waals surface area contributed by atoms with Gasteiger partial charge in [-0.2, -0.15) is 23.5 Å². The number of halogens is 4. The van der Waals surface area contributed by atoms with Crippen LogP contribution in [0.3, 0.4) is 0 Å². The van der Waals surface area contributed by atoms with E-state index >= 15 is 0 Å². The first-order chi connectivity index (χ1) is 11.5. The van der Waals surface area contributed by atoms with Gasteiger partial charge in [0, 0.05) is 5.69 Å². The average Bonchev–Trinajstić information content (AvgIpc) is 2.90. The fourth-order valence-electron chi connectivity index (χ4n) is 2.21. The smallest absolute Gasteiger partial charge is 0.378 e. The first-order valence-electron chi connectivity index (χ1n) is 7.11. The molecule has 0 spiro atoms. The van der Waals surface area contributed by atoms with Crippen LogP contribution in [0, 0.1) is 11.3 Å². The molecule has 6 nitrogen and oxygen atoms in total. The summed E-state index contributed by atoms with van der Waals surface area (Å²) in [5.74, 6) is -0.983. The molecule has 0 fully saturated rings. The van der Waals surface area contributed by atoms with E-state index in [4.69, 9.17) is 5.26 Å². The molecule has 0 radical (unpaired) electrons. The topological polar surface area (TPSA) is 88.7 Å². The van der Waals surface area contributed by atoms with Crippen LogP contribution >= 0.6 is 0 Å². The van der Waals surface area contributed by atoms with Crippen molar-refractivity contribution in [1.82, 2.24) is 5.01 Å². The molecule has 1 heterocycles. The molecule has 2 rings (SSSR count). The molecule has 2 N–H and O–H groups in total. The summed E-state index contributed by atoms with van der Waals surface area (Å²) in [5, 5.41) is 25.9. The van der Waals surface area contributed by atoms with E-state index in [1.165, 1.54) is 6.07 Å². The number of carbonyl (C=O) groups excluding carboxylic acids is 1. The highest BCUT2D eigenvalue weighted by atomic mass is 19.4. The van der Waals surface area contributed by atoms with Crippen molar-refractivity contribution in [2.75, 3.05) is 18.4 Å². The molecule has 0 aliphatic carbocycles. The molecule has 1 unspecified atom stereocenters. The van der Waals surface area contributed by atoms with Crippen molar-refractivity contribution in [3.05, 3.63) is 29.3 Å². The maximum absolute atomic E-state index is 13.0. The molecule has 134 valence electrons. The third-order valence-corrected chi connectivity index (χ3v) is 3.46. The lowest BCUT2D eigenvalue weighted by Gasteiger charge is -2.27. The second-order valence-electron chi connectivity index (χ2n) is 5.73. The molecule has 2 atom stereocenters. The maximum Gasteiger partial charge on any atom is 0.417 e. The van der Waals surface area contributed by atoms with E-state index in [1.807, 2.05) is 0 Å². The second-order valence-corrected chi connectivity index (χ2v) is 5.73. The molecular formula is C15H14F4N4O2. The van der Waals surface area contributed by atoms with Gasteiger partial charge in [0.25, 0.3) is 5.91 Å². The summed E-state index contributed by atoms with van der Waals surface area (Å²) in [6.07, 6.45) is -5.06. The second kappa shape index (κ2) is 6.68. The van der Waals surface area contributed by atoms with Crippen LogP contribution in [0.4, 0.5) is 23.2 Å². The molecule has 1 aliphatic rings. The Morgan fingerprint density at radius 2 is 2.20 bits per heavy atom. The summed E-state index contributed by atoms with van der Waals surface area (Å²) in [6.45, 7) is 0.675. The van der Waals surface area contributed by atoms with Crippen molar-refractivity contribution in [2.45, 2.75) is 24.9 Å². The van der Waals surface area contributed by atoms with Crippen molar-refractivity contribution in [3.8, 4) is 6.07 Å². The third kappa shape index (κ3) is 4.45. The van der Waals surface area contributed by atoms with Crippen molar-refractivity contribution < 1.29 is 27.5 Å². The molecule has 25 heavy (non-hydrogen) atoms. The Morgan fingerprint density at radius 1 is 1.52 bits per heavy atom. The molecule has 1 aromatic rings. The van der Waals surface area contributed by atoms with Gasteiger partial charge in [-0.3, -0.25) is 9.80 Å². The summed E-state index contributed by atoms with van der Waals surface area (Å²) in [5.41, 5.74) is -4.03. The van der Waals surface area contributed by atoms with Crippen LogP contribution in [0.15, 0.2) is 23.3 Å². The zero-order chi connectivity index (χ0) is 18.8. The van der Waals surface area contributed by atoms with Crippen LogP contribution in [0.5, 0.6) is 0 Å². The predicted molar refractivity (Wildman–Crippen MR) is 80.4 cm³/mol. The first kappa shape index (κ1) is 18.7. The molecule has 0 bridgehead atoms. The standard InChI is InChI=1S/C15H14F4N4O2/c1-14(25,8-23-7-10(16)6-21-23)13(24)22-11-3-2-9(5-20)12(4-11)15(17,18)19/h2-4,6,10,25H,7-8H2,1H3,(H,22,24)/t10?,14-/m0/s1. The predicted octanol–water partition coefficient (Wildman–Crippen LogP) is 1.91. The number of benzene rings is 1. The highest BCUT2D eigenvalue weighted by molar-refractivity contribution is 5.97. The number of amides is 1. The Morgan fingerprint density at radius 3 is 2.72 bits per heavy atom. The number of aliphatic hydroxyl groups is 1. The molecule has 1 aliphatic heterocycles. The number of anilines is 1. The lowest BCUT2D eigenvalue weighted by atomic mass is 10.0. The quantitative estimate of drug-likeness (QED) is 0.805. The molecule has 0 aromatic heterocycles. The van der Waals surface area contributed by atoms with Crippen LogP contribution in [0.25, 0.3) is 0 Å². The lowest BCUT2D eigenvalue weighted by molar-refractivity contribution is -0.138. The summed E-state index contributed by atoms with van der Waals surface area (Å²) in [4.78, 5) is 12.1. The van der Waals surface area contributed by atoms with E-state index in [-0.39, 0.29) is 18.8 Å². The Bertz CT molecular complexity index is 740. The zero-order valence-corrected chi connectivity index (χ0v) is 13.0. The SMILES string of the molecule is C[C@](O)(CN1CC(F)C=N1)C(=O)Nc1ccc(C#N)c(C(F)(F)F)c1. The van der Waals surface area contributed by atoms with E-state index in [0.29, 0.717) is 6.07 Å². The van der Waals surface area contributed by atoms with Gasteiger partial charge >= 0.3 is 6.18 Å². The highest BCUT2D eigenvalue weighted by Crippen LogP contribution is 2.33. The minimum absolute atomic E-state index is 0.126. The Hall–Kier alpha value is -2.67. The molecule has 10 heteroatoms. The average molecular weight is 358 g/mol. The normalized spacial score (nSPS) is 19.4. The van der Waals surface area contributed by atoms with Crippen molar-refractivity contribution >= 4 is 17.8 Å². The minimum Gasteiger partial charge on any atom is -0.378 e. The van der Waals surface area contributed by atoms with Gasteiger partial charge in [-0.1, -0.05) is 0 Å². The number of nitrogens with one attached hydrogen (secondary N) is 1. The van der Waals surface area contributed by atoms with Crippen molar-refractivity contribution in [2.24, 2.45) is 5.10 Å². The van der Waals surface area contributed by atoms with Gasteiger partial charge in [-0.05, 0) is 25.1 Å². The van der Waals surface area contributed by atoms with E-state index in [2.05, 4.69) is 10.4 Å². The van der Waals surface area contributed by atoms with Gasteiger partial charge in [0.15, 0.2) is 11.8 Å². The van der Waals surface area contributed by atoms with Crippen molar-refractivity contribution in [3.63, 3.8) is 0 Å². The van der Waals surface area contributed by atoms with Gasteiger partial charge in [-0.25, -0.2) is 4.39 Å². The van der Waals surface area contributed by atoms with Gasteiger partial charge in [0.2, 0.25) is 0 Å². The Kier molecular flexibility index (Phi) is 4.99. The summed E-state index contributed by atoms with van der Waals surface area (Å²) in [6, 6.07) is 4.08. The fourth-order valence-corrected chi connectivity index (χ4v) is 2.21. The van der Waals surface area contributed by atoms with Crippen LogP contribution in [0.1, 0.15) is 18.1 Å². The lowest BCUT2D eigenvalue weighted by Crippen LogP contribution is -2.48. The number of hydrazone groups is 1. The number of alkyl halides is 4. The number of hydrogen-bond acceptors (Lipinski definition) is 5. The van der Waals surface area contributed by atoms with E-state index in [1.54, 1.807) is 0 Å². The minimum atomic E-state index is -4.77.